The van der Waals surface area contributed by atoms with Crippen molar-refractivity contribution in [2.45, 2.75) is 19.3 Å². The van der Waals surface area contributed by atoms with Gasteiger partial charge >= 0.3 is 0 Å². The molecule has 2 rings (SSSR count). The van der Waals surface area contributed by atoms with Gasteiger partial charge in [0.2, 0.25) is 5.91 Å². The molecule has 0 aliphatic heterocycles. The van der Waals surface area contributed by atoms with Crippen molar-refractivity contribution < 1.29 is 4.79 Å². The Morgan fingerprint density at radius 2 is 2.00 bits per heavy atom. The van der Waals surface area contributed by atoms with Crippen LogP contribution in [0.5, 0.6) is 0 Å². The number of allylic oxidation sites excluding steroid dienone is 2. The molecule has 3 nitrogen and oxygen atoms in total. The van der Waals surface area contributed by atoms with Gasteiger partial charge in [-0.2, -0.15) is 0 Å². The lowest BCUT2D eigenvalue weighted by Crippen LogP contribution is -2.32. The number of hydrogen-bond acceptors (Lipinski definition) is 2. The summed E-state index contributed by atoms with van der Waals surface area (Å²) in [5.41, 5.74) is 0.475. The van der Waals surface area contributed by atoms with E-state index in [0.29, 0.717) is 21.7 Å². The molecule has 1 atom stereocenters. The SMILES string of the molecule is O=C(CNCC1CC=CCC1)Nc1c(Cl)cccc1Cl. The molecular formula is C15H18Cl2N2O. The second-order valence-corrected chi connectivity index (χ2v) is 5.74. The number of halogens is 2. The summed E-state index contributed by atoms with van der Waals surface area (Å²) in [5, 5.41) is 6.81. The monoisotopic (exact) mass is 312 g/mol. The Bertz CT molecular complexity index is 482. The van der Waals surface area contributed by atoms with Crippen LogP contribution >= 0.6 is 23.2 Å². The van der Waals surface area contributed by atoms with Gasteiger partial charge in [0, 0.05) is 0 Å². The molecular weight excluding hydrogens is 295 g/mol. The van der Waals surface area contributed by atoms with E-state index >= 15 is 0 Å². The van der Waals surface area contributed by atoms with Gasteiger partial charge in [0.1, 0.15) is 0 Å². The van der Waals surface area contributed by atoms with Gasteiger partial charge in [0.25, 0.3) is 0 Å². The molecule has 20 heavy (non-hydrogen) atoms. The van der Waals surface area contributed by atoms with Gasteiger partial charge in [0.05, 0.1) is 22.3 Å². The number of amides is 1. The van der Waals surface area contributed by atoms with Gasteiger partial charge in [0.15, 0.2) is 0 Å². The molecule has 0 fully saturated rings. The molecule has 0 radical (unpaired) electrons. The Morgan fingerprint density at radius 1 is 1.25 bits per heavy atom. The highest BCUT2D eigenvalue weighted by molar-refractivity contribution is 6.39. The number of benzene rings is 1. The number of nitrogens with one attached hydrogen (secondary N) is 2. The minimum Gasteiger partial charge on any atom is -0.322 e. The number of carbonyl (C=O) groups is 1. The zero-order valence-electron chi connectivity index (χ0n) is 11.2. The molecule has 1 amide bonds. The smallest absolute Gasteiger partial charge is 0.238 e. The third-order valence-corrected chi connectivity index (χ3v) is 3.95. The molecule has 1 unspecified atom stereocenters. The molecule has 0 aromatic heterocycles. The Balaban J connectivity index is 1.76. The standard InChI is InChI=1S/C15H18Cl2N2O/c16-12-7-4-8-13(17)15(12)19-14(20)10-18-9-11-5-2-1-3-6-11/h1-2,4,7-8,11,18H,3,5-6,9-10H2,(H,19,20). The summed E-state index contributed by atoms with van der Waals surface area (Å²) >= 11 is 12.0. The van der Waals surface area contributed by atoms with Crippen molar-refractivity contribution in [2.24, 2.45) is 5.92 Å². The van der Waals surface area contributed by atoms with Crippen molar-refractivity contribution in [3.63, 3.8) is 0 Å². The lowest BCUT2D eigenvalue weighted by molar-refractivity contribution is -0.115. The first kappa shape index (κ1) is 15.4. The maximum absolute atomic E-state index is 11.9. The molecule has 0 saturated carbocycles. The van der Waals surface area contributed by atoms with E-state index < -0.39 is 0 Å². The minimum absolute atomic E-state index is 0.133. The van der Waals surface area contributed by atoms with Crippen molar-refractivity contribution in [3.05, 3.63) is 40.4 Å². The first-order valence-corrected chi connectivity index (χ1v) is 7.52. The molecule has 1 aromatic carbocycles. The third kappa shape index (κ3) is 4.51. The first-order chi connectivity index (χ1) is 9.66. The average Bonchev–Trinajstić information content (AvgIpc) is 2.44. The molecule has 1 aliphatic rings. The second-order valence-electron chi connectivity index (χ2n) is 4.93. The molecule has 2 N–H and O–H groups in total. The van der Waals surface area contributed by atoms with Crippen molar-refractivity contribution >= 4 is 34.8 Å². The number of carbonyl (C=O) groups excluding carboxylic acids is 1. The molecule has 0 spiro atoms. The van der Waals surface area contributed by atoms with Crippen molar-refractivity contribution in [1.29, 1.82) is 0 Å². The predicted octanol–water partition coefficient (Wildman–Crippen LogP) is 3.88. The van der Waals surface area contributed by atoms with Crippen molar-refractivity contribution in [1.82, 2.24) is 5.32 Å². The van der Waals surface area contributed by atoms with Crippen LogP contribution in [0, 0.1) is 5.92 Å². The zero-order valence-corrected chi connectivity index (χ0v) is 12.7. The van der Waals surface area contributed by atoms with Gasteiger partial charge in [-0.1, -0.05) is 41.4 Å². The Hall–Kier alpha value is -1.03. The van der Waals surface area contributed by atoms with Gasteiger partial charge in [-0.05, 0) is 43.9 Å². The van der Waals surface area contributed by atoms with E-state index in [2.05, 4.69) is 22.8 Å². The molecule has 0 bridgehead atoms. The van der Waals surface area contributed by atoms with E-state index in [1.165, 1.54) is 6.42 Å². The normalized spacial score (nSPS) is 18.0. The highest BCUT2D eigenvalue weighted by atomic mass is 35.5. The molecule has 108 valence electrons. The van der Waals surface area contributed by atoms with Gasteiger partial charge < -0.3 is 10.6 Å². The summed E-state index contributed by atoms with van der Waals surface area (Å²) in [4.78, 5) is 11.9. The largest absolute Gasteiger partial charge is 0.322 e. The minimum atomic E-state index is -0.133. The summed E-state index contributed by atoms with van der Waals surface area (Å²) in [7, 11) is 0. The zero-order chi connectivity index (χ0) is 14.4. The average molecular weight is 313 g/mol. The van der Waals surface area contributed by atoms with Crippen LogP contribution in [0.4, 0.5) is 5.69 Å². The topological polar surface area (TPSA) is 41.1 Å². The molecule has 0 heterocycles. The Morgan fingerprint density at radius 3 is 2.65 bits per heavy atom. The fraction of sp³-hybridized carbons (Fsp3) is 0.400. The Kier molecular flexibility index (Phi) is 5.89. The van der Waals surface area contributed by atoms with E-state index in [-0.39, 0.29) is 12.5 Å². The van der Waals surface area contributed by atoms with Crippen LogP contribution in [0.1, 0.15) is 19.3 Å². The molecule has 1 aromatic rings. The molecule has 1 aliphatic carbocycles. The van der Waals surface area contributed by atoms with Gasteiger partial charge in [-0.25, -0.2) is 0 Å². The first-order valence-electron chi connectivity index (χ1n) is 6.76. The second kappa shape index (κ2) is 7.67. The number of rotatable bonds is 5. The number of hydrogen-bond donors (Lipinski definition) is 2. The summed E-state index contributed by atoms with van der Waals surface area (Å²) in [5.74, 6) is 0.489. The molecule has 5 heteroatoms. The van der Waals surface area contributed by atoms with E-state index in [1.54, 1.807) is 18.2 Å². The summed E-state index contributed by atoms with van der Waals surface area (Å²) < 4.78 is 0. The Labute approximate surface area is 129 Å². The highest BCUT2D eigenvalue weighted by Gasteiger charge is 2.12. The van der Waals surface area contributed by atoms with E-state index in [0.717, 1.165) is 19.4 Å². The maximum atomic E-state index is 11.9. The highest BCUT2D eigenvalue weighted by Crippen LogP contribution is 2.29. The van der Waals surface area contributed by atoms with Crippen LogP contribution in [0.2, 0.25) is 10.0 Å². The van der Waals surface area contributed by atoms with Crippen LogP contribution in [0.3, 0.4) is 0 Å². The maximum Gasteiger partial charge on any atom is 0.238 e. The van der Waals surface area contributed by atoms with Crippen LogP contribution in [0.15, 0.2) is 30.4 Å². The quantitative estimate of drug-likeness (QED) is 0.810. The van der Waals surface area contributed by atoms with Gasteiger partial charge in [-0.15, -0.1) is 0 Å². The molecule has 0 saturated heterocycles. The lowest BCUT2D eigenvalue weighted by Gasteiger charge is -2.18. The fourth-order valence-corrected chi connectivity index (χ4v) is 2.72. The van der Waals surface area contributed by atoms with Crippen molar-refractivity contribution in [3.8, 4) is 0 Å². The summed E-state index contributed by atoms with van der Waals surface area (Å²) in [6.45, 7) is 1.12. The van der Waals surface area contributed by atoms with Crippen LogP contribution in [-0.4, -0.2) is 19.0 Å². The lowest BCUT2D eigenvalue weighted by atomic mass is 9.94. The van der Waals surface area contributed by atoms with E-state index in [1.807, 2.05) is 0 Å². The van der Waals surface area contributed by atoms with Gasteiger partial charge in [-0.3, -0.25) is 4.79 Å². The van der Waals surface area contributed by atoms with E-state index in [9.17, 15) is 4.79 Å². The van der Waals surface area contributed by atoms with Crippen LogP contribution in [0.25, 0.3) is 0 Å². The number of para-hydroxylation sites is 1. The fourth-order valence-electron chi connectivity index (χ4n) is 2.23. The summed E-state index contributed by atoms with van der Waals surface area (Å²) in [6, 6.07) is 5.14. The summed E-state index contributed by atoms with van der Waals surface area (Å²) in [6.07, 6.45) is 7.82. The van der Waals surface area contributed by atoms with Crippen molar-refractivity contribution in [2.75, 3.05) is 18.4 Å². The predicted molar refractivity (Wildman–Crippen MR) is 84.4 cm³/mol. The third-order valence-electron chi connectivity index (χ3n) is 3.32. The number of anilines is 1. The van der Waals surface area contributed by atoms with E-state index in [4.69, 9.17) is 23.2 Å². The van der Waals surface area contributed by atoms with Crippen LogP contribution < -0.4 is 10.6 Å². The van der Waals surface area contributed by atoms with Crippen LogP contribution in [-0.2, 0) is 4.79 Å².